The average molecular weight is 421 g/mol. The number of nitrogens with one attached hydrogen (secondary N) is 1. The SMILES string of the molecule is CCOc1ccc(N2C(=S)N[C@@H](c3ccccn3)[C@@H]2c2ccn(C(C)(C)C)c2)cc1. The van der Waals surface area contributed by atoms with Crippen LogP contribution in [-0.2, 0) is 5.54 Å². The second-order valence-electron chi connectivity index (χ2n) is 8.45. The van der Waals surface area contributed by atoms with Gasteiger partial charge in [0.05, 0.1) is 24.4 Å². The first-order valence-electron chi connectivity index (χ1n) is 10.3. The maximum absolute atomic E-state index is 5.79. The van der Waals surface area contributed by atoms with E-state index in [0.717, 1.165) is 17.1 Å². The van der Waals surface area contributed by atoms with Crippen LogP contribution >= 0.6 is 12.2 Å². The molecular formula is C24H28N4OS. The Kier molecular flexibility index (Phi) is 5.52. The van der Waals surface area contributed by atoms with Crippen LogP contribution in [0.5, 0.6) is 5.75 Å². The first-order chi connectivity index (χ1) is 14.4. The van der Waals surface area contributed by atoms with Crippen molar-refractivity contribution in [2.24, 2.45) is 0 Å². The van der Waals surface area contributed by atoms with Crippen molar-refractivity contribution in [2.45, 2.75) is 45.3 Å². The van der Waals surface area contributed by atoms with E-state index < -0.39 is 0 Å². The molecule has 3 aromatic rings. The summed E-state index contributed by atoms with van der Waals surface area (Å²) >= 11 is 5.79. The molecule has 1 aliphatic heterocycles. The number of aromatic nitrogens is 2. The van der Waals surface area contributed by atoms with E-state index in [1.165, 1.54) is 5.56 Å². The molecule has 0 aliphatic carbocycles. The molecule has 0 spiro atoms. The van der Waals surface area contributed by atoms with Crippen molar-refractivity contribution < 1.29 is 4.74 Å². The fraction of sp³-hybridized carbons (Fsp3) is 0.333. The highest BCUT2D eigenvalue weighted by molar-refractivity contribution is 7.80. The van der Waals surface area contributed by atoms with Gasteiger partial charge >= 0.3 is 0 Å². The van der Waals surface area contributed by atoms with Gasteiger partial charge in [-0.3, -0.25) is 4.98 Å². The van der Waals surface area contributed by atoms with Crippen molar-refractivity contribution in [1.29, 1.82) is 0 Å². The molecule has 1 aromatic carbocycles. The Labute approximate surface area is 183 Å². The van der Waals surface area contributed by atoms with Crippen molar-refractivity contribution in [3.05, 3.63) is 78.4 Å². The zero-order chi connectivity index (χ0) is 21.3. The van der Waals surface area contributed by atoms with E-state index in [4.69, 9.17) is 17.0 Å². The van der Waals surface area contributed by atoms with Gasteiger partial charge in [-0.25, -0.2) is 0 Å². The van der Waals surface area contributed by atoms with E-state index in [1.807, 2.05) is 37.4 Å². The molecule has 0 amide bonds. The molecule has 3 heterocycles. The summed E-state index contributed by atoms with van der Waals surface area (Å²) in [6.07, 6.45) is 6.19. The zero-order valence-corrected chi connectivity index (χ0v) is 18.7. The molecule has 2 aromatic heterocycles. The Morgan fingerprint density at radius 2 is 1.87 bits per heavy atom. The Hall–Kier alpha value is -2.86. The highest BCUT2D eigenvalue weighted by Crippen LogP contribution is 2.42. The molecule has 1 saturated heterocycles. The van der Waals surface area contributed by atoms with Crippen LogP contribution in [0.4, 0.5) is 5.69 Å². The lowest BCUT2D eigenvalue weighted by atomic mass is 9.98. The van der Waals surface area contributed by atoms with E-state index in [9.17, 15) is 0 Å². The summed E-state index contributed by atoms with van der Waals surface area (Å²) in [5, 5.41) is 4.21. The molecular weight excluding hydrogens is 392 g/mol. The molecule has 0 unspecified atom stereocenters. The Morgan fingerprint density at radius 3 is 2.47 bits per heavy atom. The number of nitrogens with zero attached hydrogens (tertiary/aromatic N) is 3. The number of ether oxygens (including phenoxy) is 1. The molecule has 4 rings (SSSR count). The van der Waals surface area contributed by atoms with Crippen LogP contribution in [-0.4, -0.2) is 21.3 Å². The van der Waals surface area contributed by atoms with Gasteiger partial charge < -0.3 is 19.5 Å². The molecule has 2 atom stereocenters. The zero-order valence-electron chi connectivity index (χ0n) is 17.9. The predicted molar refractivity (Wildman–Crippen MR) is 125 cm³/mol. The highest BCUT2D eigenvalue weighted by atomic mass is 32.1. The number of benzene rings is 1. The van der Waals surface area contributed by atoms with Crippen LogP contribution in [0.3, 0.4) is 0 Å². The van der Waals surface area contributed by atoms with Crippen molar-refractivity contribution in [3.63, 3.8) is 0 Å². The Bertz CT molecular complexity index is 1010. The lowest BCUT2D eigenvalue weighted by Crippen LogP contribution is -2.29. The molecule has 0 saturated carbocycles. The second kappa shape index (κ2) is 8.11. The minimum Gasteiger partial charge on any atom is -0.494 e. The van der Waals surface area contributed by atoms with E-state index in [0.29, 0.717) is 11.7 Å². The van der Waals surface area contributed by atoms with Gasteiger partial charge in [-0.15, -0.1) is 0 Å². The summed E-state index contributed by atoms with van der Waals surface area (Å²) < 4.78 is 7.86. The minimum atomic E-state index is -0.0407. The van der Waals surface area contributed by atoms with Gasteiger partial charge in [0.2, 0.25) is 0 Å². The molecule has 0 radical (unpaired) electrons. The van der Waals surface area contributed by atoms with Gasteiger partial charge in [0.15, 0.2) is 5.11 Å². The Morgan fingerprint density at radius 1 is 1.10 bits per heavy atom. The Balaban J connectivity index is 1.77. The molecule has 1 aliphatic rings. The molecule has 1 N–H and O–H groups in total. The topological polar surface area (TPSA) is 42.3 Å². The number of thiocarbonyl (C=S) groups is 1. The number of hydrogen-bond donors (Lipinski definition) is 1. The molecule has 156 valence electrons. The van der Waals surface area contributed by atoms with Crippen LogP contribution in [0.15, 0.2) is 67.1 Å². The molecule has 6 heteroatoms. The highest BCUT2D eigenvalue weighted by Gasteiger charge is 2.41. The smallest absolute Gasteiger partial charge is 0.174 e. The lowest BCUT2D eigenvalue weighted by molar-refractivity contribution is 0.340. The van der Waals surface area contributed by atoms with Crippen LogP contribution in [0.25, 0.3) is 0 Å². The standard InChI is InChI=1S/C24H28N4OS/c1-5-29-19-11-9-18(10-12-19)28-22(17-13-15-27(16-17)24(2,3)4)21(26-23(28)30)20-8-6-7-14-25-20/h6-16,21-22H,5H2,1-4H3,(H,26,30)/t21-,22-/m0/s1. The second-order valence-corrected chi connectivity index (χ2v) is 8.83. The molecule has 30 heavy (non-hydrogen) atoms. The third kappa shape index (κ3) is 3.92. The maximum atomic E-state index is 5.79. The van der Waals surface area contributed by atoms with Gasteiger partial charge in [-0.05, 0) is 87.9 Å². The van der Waals surface area contributed by atoms with E-state index in [2.05, 4.69) is 77.2 Å². The summed E-state index contributed by atoms with van der Waals surface area (Å²) in [4.78, 5) is 6.80. The minimum absolute atomic E-state index is 0.00561. The van der Waals surface area contributed by atoms with E-state index >= 15 is 0 Å². The largest absolute Gasteiger partial charge is 0.494 e. The quantitative estimate of drug-likeness (QED) is 0.574. The summed E-state index contributed by atoms with van der Waals surface area (Å²) in [5.74, 6) is 0.857. The number of anilines is 1. The monoisotopic (exact) mass is 420 g/mol. The van der Waals surface area contributed by atoms with Gasteiger partial charge in [0.1, 0.15) is 5.75 Å². The number of hydrogen-bond acceptors (Lipinski definition) is 3. The fourth-order valence-electron chi connectivity index (χ4n) is 3.85. The van der Waals surface area contributed by atoms with Crippen LogP contribution in [0, 0.1) is 0 Å². The van der Waals surface area contributed by atoms with Gasteiger partial charge in [-0.2, -0.15) is 0 Å². The van der Waals surface area contributed by atoms with Gasteiger partial charge in [0.25, 0.3) is 0 Å². The first-order valence-corrected chi connectivity index (χ1v) is 10.7. The molecule has 5 nitrogen and oxygen atoms in total. The summed E-state index contributed by atoms with van der Waals surface area (Å²) in [6, 6.07) is 16.3. The lowest BCUT2D eigenvalue weighted by Gasteiger charge is -2.28. The average Bonchev–Trinajstić information content (AvgIpc) is 3.34. The third-order valence-electron chi connectivity index (χ3n) is 5.36. The van der Waals surface area contributed by atoms with Crippen molar-refractivity contribution in [3.8, 4) is 5.75 Å². The van der Waals surface area contributed by atoms with E-state index in [-0.39, 0.29) is 17.6 Å². The summed E-state index contributed by atoms with van der Waals surface area (Å²) in [6.45, 7) is 9.24. The third-order valence-corrected chi connectivity index (χ3v) is 5.67. The number of pyridine rings is 1. The van der Waals surface area contributed by atoms with Crippen LogP contribution < -0.4 is 15.0 Å². The molecule has 0 bridgehead atoms. The maximum Gasteiger partial charge on any atom is 0.174 e. The van der Waals surface area contributed by atoms with Crippen molar-refractivity contribution >= 4 is 23.0 Å². The summed E-state index contributed by atoms with van der Waals surface area (Å²) in [5.41, 5.74) is 3.21. The normalized spacial score (nSPS) is 19.1. The van der Waals surface area contributed by atoms with Crippen molar-refractivity contribution in [2.75, 3.05) is 11.5 Å². The van der Waals surface area contributed by atoms with Gasteiger partial charge in [0, 0.05) is 29.8 Å². The fourth-order valence-corrected chi connectivity index (χ4v) is 4.19. The van der Waals surface area contributed by atoms with E-state index in [1.54, 1.807) is 0 Å². The summed E-state index contributed by atoms with van der Waals surface area (Å²) in [7, 11) is 0. The van der Waals surface area contributed by atoms with Crippen LogP contribution in [0.2, 0.25) is 0 Å². The van der Waals surface area contributed by atoms with Crippen LogP contribution in [0.1, 0.15) is 51.0 Å². The van der Waals surface area contributed by atoms with Gasteiger partial charge in [-0.1, -0.05) is 6.07 Å². The first kappa shape index (κ1) is 20.4. The molecule has 1 fully saturated rings. The predicted octanol–water partition coefficient (Wildman–Crippen LogP) is 5.21. The number of rotatable bonds is 5. The van der Waals surface area contributed by atoms with Crippen molar-refractivity contribution in [1.82, 2.24) is 14.9 Å².